The zero-order valence-corrected chi connectivity index (χ0v) is 16.4. The van der Waals surface area contributed by atoms with Gasteiger partial charge in [0.2, 0.25) is 0 Å². The second kappa shape index (κ2) is 8.73. The van der Waals surface area contributed by atoms with Crippen LogP contribution in [-0.2, 0) is 41.8 Å². The molecule has 2 atom stereocenters. The minimum Gasteiger partial charge on any atom is -0.382 e. The molecule has 0 saturated carbocycles. The highest BCUT2D eigenvalue weighted by Crippen LogP contribution is 2.50. The Morgan fingerprint density at radius 2 is 1.36 bits per heavy atom. The summed E-state index contributed by atoms with van der Waals surface area (Å²) in [7, 11) is -2.27. The third-order valence-corrected chi connectivity index (χ3v) is 4.94. The largest absolute Gasteiger partial charge is 0.475 e. The Bertz CT molecular complexity index is 434. The maximum atomic E-state index is 12.8. The predicted octanol–water partition coefficient (Wildman–Crippen LogP) is 2.09. The number of methoxy groups -OCH3 is 1. The summed E-state index contributed by atoms with van der Waals surface area (Å²) in [4.78, 5) is 0. The molecule has 25 heavy (non-hydrogen) atoms. The van der Waals surface area contributed by atoms with Gasteiger partial charge in [0.15, 0.2) is 11.6 Å². The van der Waals surface area contributed by atoms with Gasteiger partial charge in [-0.25, -0.2) is 4.57 Å². The molecule has 2 heterocycles. The van der Waals surface area contributed by atoms with Gasteiger partial charge in [-0.1, -0.05) is 0 Å². The summed E-state index contributed by atoms with van der Waals surface area (Å²) in [6, 6.07) is 0. The molecule has 2 aliphatic heterocycles. The van der Waals surface area contributed by atoms with Crippen molar-refractivity contribution in [3.05, 3.63) is 0 Å². The smallest absolute Gasteiger partial charge is 0.382 e. The summed E-state index contributed by atoms with van der Waals surface area (Å²) in [6.07, 6.45) is -0.689. The lowest BCUT2D eigenvalue weighted by atomic mass is 10.4. The lowest BCUT2D eigenvalue weighted by Gasteiger charge is -2.22. The number of hydrogen-bond acceptors (Lipinski definition) is 9. The molecule has 0 N–H and O–H groups in total. The topological polar surface area (TPSA) is 90.9 Å². The number of phosphoric acid groups is 1. The Balaban J connectivity index is 1.83. The zero-order chi connectivity index (χ0) is 18.6. The van der Waals surface area contributed by atoms with Gasteiger partial charge in [-0.15, -0.1) is 0 Å². The Morgan fingerprint density at radius 3 is 1.72 bits per heavy atom. The maximum Gasteiger partial charge on any atom is 0.475 e. The predicted molar refractivity (Wildman–Crippen MR) is 87.1 cm³/mol. The van der Waals surface area contributed by atoms with Crippen molar-refractivity contribution in [2.75, 3.05) is 46.8 Å². The van der Waals surface area contributed by atoms with Crippen LogP contribution in [0, 0.1) is 0 Å². The normalized spacial score (nSPS) is 30.4. The fourth-order valence-corrected chi connectivity index (χ4v) is 3.60. The molecule has 0 aromatic heterocycles. The monoisotopic (exact) mass is 384 g/mol. The fourth-order valence-electron chi connectivity index (χ4n) is 2.38. The van der Waals surface area contributed by atoms with Crippen LogP contribution in [0.3, 0.4) is 0 Å². The van der Waals surface area contributed by atoms with E-state index in [1.807, 2.05) is 0 Å². The molecule has 2 unspecified atom stereocenters. The summed E-state index contributed by atoms with van der Waals surface area (Å²) in [5.74, 6) is -1.37. The third-order valence-electron chi connectivity index (χ3n) is 3.51. The van der Waals surface area contributed by atoms with E-state index in [9.17, 15) is 4.57 Å². The Labute approximate surface area is 148 Å². The molecule has 0 aliphatic carbocycles. The van der Waals surface area contributed by atoms with Gasteiger partial charge in [-0.2, -0.15) is 0 Å². The van der Waals surface area contributed by atoms with Crippen LogP contribution in [0.15, 0.2) is 0 Å². The van der Waals surface area contributed by atoms with Crippen LogP contribution in [0.2, 0.25) is 0 Å². The molecule has 0 bridgehead atoms. The highest BCUT2D eigenvalue weighted by atomic mass is 31.2. The Kier molecular flexibility index (Phi) is 7.41. The molecule has 10 heteroatoms. The average Bonchev–Trinajstić information content (AvgIpc) is 3.05. The average molecular weight is 384 g/mol. The quantitative estimate of drug-likeness (QED) is 0.415. The number of rotatable bonds is 10. The second-order valence-corrected chi connectivity index (χ2v) is 8.44. The lowest BCUT2D eigenvalue weighted by Crippen LogP contribution is -2.25. The first-order chi connectivity index (χ1) is 11.6. The van der Waals surface area contributed by atoms with E-state index in [-0.39, 0.29) is 38.6 Å². The van der Waals surface area contributed by atoms with Gasteiger partial charge in [0.1, 0.15) is 12.2 Å². The van der Waals surface area contributed by atoms with Gasteiger partial charge in [0.05, 0.1) is 39.6 Å². The Morgan fingerprint density at radius 1 is 0.880 bits per heavy atom. The highest BCUT2D eigenvalue weighted by molar-refractivity contribution is 7.48. The van der Waals surface area contributed by atoms with E-state index in [1.54, 1.807) is 27.7 Å². The number of ether oxygens (including phenoxy) is 5. The molecule has 2 fully saturated rings. The van der Waals surface area contributed by atoms with Gasteiger partial charge in [-0.3, -0.25) is 13.6 Å². The van der Waals surface area contributed by atoms with E-state index in [0.29, 0.717) is 13.2 Å². The summed E-state index contributed by atoms with van der Waals surface area (Å²) < 4.78 is 56.0. The van der Waals surface area contributed by atoms with Crippen LogP contribution in [0.4, 0.5) is 0 Å². The van der Waals surface area contributed by atoms with Gasteiger partial charge in [0, 0.05) is 7.11 Å². The van der Waals surface area contributed by atoms with E-state index in [0.717, 1.165) is 0 Å². The first-order valence-electron chi connectivity index (χ1n) is 8.29. The van der Waals surface area contributed by atoms with Crippen LogP contribution in [0.25, 0.3) is 0 Å². The van der Waals surface area contributed by atoms with Crippen molar-refractivity contribution in [2.45, 2.75) is 51.5 Å². The summed E-state index contributed by atoms with van der Waals surface area (Å²) in [6.45, 7) is 8.31. The molecule has 0 radical (unpaired) electrons. The summed E-state index contributed by atoms with van der Waals surface area (Å²) in [5, 5.41) is 0. The van der Waals surface area contributed by atoms with Crippen LogP contribution in [0.1, 0.15) is 27.7 Å². The van der Waals surface area contributed by atoms with Crippen molar-refractivity contribution in [1.29, 1.82) is 0 Å². The van der Waals surface area contributed by atoms with Gasteiger partial charge >= 0.3 is 7.82 Å². The van der Waals surface area contributed by atoms with Crippen molar-refractivity contribution >= 4 is 7.82 Å². The second-order valence-electron chi connectivity index (χ2n) is 6.77. The third kappa shape index (κ3) is 7.21. The molecule has 0 aromatic carbocycles. The molecular weight excluding hydrogens is 355 g/mol. The molecule has 2 rings (SSSR count). The van der Waals surface area contributed by atoms with E-state index in [2.05, 4.69) is 0 Å². The minimum absolute atomic E-state index is 0.0290. The van der Waals surface area contributed by atoms with Crippen LogP contribution < -0.4 is 0 Å². The van der Waals surface area contributed by atoms with E-state index in [4.69, 9.17) is 37.3 Å². The summed E-state index contributed by atoms with van der Waals surface area (Å²) in [5.41, 5.74) is 0. The minimum atomic E-state index is -3.79. The summed E-state index contributed by atoms with van der Waals surface area (Å²) >= 11 is 0. The van der Waals surface area contributed by atoms with Crippen LogP contribution >= 0.6 is 7.82 Å². The molecule has 9 nitrogen and oxygen atoms in total. The van der Waals surface area contributed by atoms with Crippen molar-refractivity contribution in [1.82, 2.24) is 0 Å². The lowest BCUT2D eigenvalue weighted by molar-refractivity contribution is -0.144. The van der Waals surface area contributed by atoms with Gasteiger partial charge in [-0.05, 0) is 27.7 Å². The van der Waals surface area contributed by atoms with Gasteiger partial charge in [0.25, 0.3) is 0 Å². The van der Waals surface area contributed by atoms with E-state index < -0.39 is 19.4 Å². The van der Waals surface area contributed by atoms with E-state index in [1.165, 1.54) is 7.11 Å². The number of phosphoric ester groups is 1. The first kappa shape index (κ1) is 21.2. The molecule has 0 spiro atoms. The highest BCUT2D eigenvalue weighted by Gasteiger charge is 2.38. The van der Waals surface area contributed by atoms with Crippen LogP contribution in [-0.4, -0.2) is 70.5 Å². The zero-order valence-electron chi connectivity index (χ0n) is 15.5. The molecule has 148 valence electrons. The molecule has 2 saturated heterocycles. The van der Waals surface area contributed by atoms with Gasteiger partial charge < -0.3 is 23.7 Å². The van der Waals surface area contributed by atoms with Crippen LogP contribution in [0.5, 0.6) is 0 Å². The maximum absolute atomic E-state index is 12.8. The molecule has 0 aromatic rings. The first-order valence-corrected chi connectivity index (χ1v) is 9.75. The Hall–Kier alpha value is -0.0900. The molecule has 2 aliphatic rings. The standard InChI is InChI=1S/C15H29O9P/c1-14(2)18-8-12(23-14)10-21-25(16,20-7-6-17-5)22-11-13-9-19-15(3,4)24-13/h12-13H,6-11H2,1-5H3. The van der Waals surface area contributed by atoms with Crippen molar-refractivity contribution in [3.8, 4) is 0 Å². The van der Waals surface area contributed by atoms with E-state index >= 15 is 0 Å². The SMILES string of the molecule is COCCOP(=O)(OCC1COC(C)(C)O1)OCC1COC(C)(C)O1. The van der Waals surface area contributed by atoms with Crippen molar-refractivity contribution in [3.63, 3.8) is 0 Å². The fraction of sp³-hybridized carbons (Fsp3) is 1.00. The van der Waals surface area contributed by atoms with Crippen molar-refractivity contribution in [2.24, 2.45) is 0 Å². The van der Waals surface area contributed by atoms with Crippen molar-refractivity contribution < 1.29 is 41.8 Å². The number of hydrogen-bond donors (Lipinski definition) is 0. The molecular formula is C15H29O9P. The molecule has 0 amide bonds.